The monoisotopic (exact) mass is 254 g/mol. The Hall–Kier alpha value is -1.05. The maximum Gasteiger partial charge on any atom is 0.330 e. The molecule has 0 aromatic heterocycles. The van der Waals surface area contributed by atoms with E-state index in [1.165, 1.54) is 6.08 Å². The number of hydrogen-bond acceptors (Lipinski definition) is 2. The number of hydrogen-bond donors (Lipinski definition) is 0. The van der Waals surface area contributed by atoms with E-state index < -0.39 is 0 Å². The van der Waals surface area contributed by atoms with E-state index in [4.69, 9.17) is 4.74 Å². The minimum absolute atomic E-state index is 0.317. The van der Waals surface area contributed by atoms with Gasteiger partial charge in [-0.25, -0.2) is 4.79 Å². The van der Waals surface area contributed by atoms with Crippen LogP contribution in [0.1, 0.15) is 6.92 Å². The molecule has 1 aliphatic rings. The molecule has 74 valence electrons. The van der Waals surface area contributed by atoms with Gasteiger partial charge in [0.2, 0.25) is 0 Å². The molecule has 3 heteroatoms. The second-order valence-electron chi connectivity index (χ2n) is 2.66. The van der Waals surface area contributed by atoms with E-state index in [1.54, 1.807) is 13.0 Å². The van der Waals surface area contributed by atoms with E-state index in [0.717, 1.165) is 16.5 Å². The van der Waals surface area contributed by atoms with Crippen LogP contribution in [0.5, 0.6) is 0 Å². The smallest absolute Gasteiger partial charge is 0.330 e. The largest absolute Gasteiger partial charge is 0.463 e. The van der Waals surface area contributed by atoms with Crippen LogP contribution in [-0.4, -0.2) is 17.9 Å². The Morgan fingerprint density at radius 3 is 3.00 bits per heavy atom. The lowest BCUT2D eigenvalue weighted by Crippen LogP contribution is -1.98. The Morgan fingerprint density at radius 2 is 2.43 bits per heavy atom. The molecular formula is C11H11BrO2. The molecule has 1 aliphatic carbocycles. The third-order valence-corrected chi connectivity index (χ3v) is 2.20. The number of allylic oxidation sites excluding steroid dienone is 4. The van der Waals surface area contributed by atoms with Gasteiger partial charge in [-0.3, -0.25) is 0 Å². The minimum Gasteiger partial charge on any atom is -0.463 e. The van der Waals surface area contributed by atoms with E-state index in [9.17, 15) is 4.79 Å². The van der Waals surface area contributed by atoms with E-state index in [0.29, 0.717) is 6.61 Å². The molecule has 0 aliphatic heterocycles. The number of halogens is 1. The van der Waals surface area contributed by atoms with Crippen LogP contribution < -0.4 is 0 Å². The highest BCUT2D eigenvalue weighted by molar-refractivity contribution is 9.09. The molecule has 0 saturated heterocycles. The third-order valence-electron chi connectivity index (χ3n) is 1.60. The maximum atomic E-state index is 11.0. The number of rotatable bonds is 4. The van der Waals surface area contributed by atoms with E-state index in [2.05, 4.69) is 21.7 Å². The fraction of sp³-hybridized carbons (Fsp3) is 0.273. The predicted molar refractivity (Wildman–Crippen MR) is 59.2 cm³/mol. The molecule has 1 rings (SSSR count). The molecule has 0 N–H and O–H groups in total. The van der Waals surface area contributed by atoms with Gasteiger partial charge in [-0.15, -0.1) is 5.73 Å². The van der Waals surface area contributed by atoms with E-state index in [-0.39, 0.29) is 5.97 Å². The van der Waals surface area contributed by atoms with Crippen molar-refractivity contribution in [2.24, 2.45) is 0 Å². The Balaban J connectivity index is 2.58. The van der Waals surface area contributed by atoms with Gasteiger partial charge in [-0.2, -0.15) is 0 Å². The molecule has 0 saturated carbocycles. The predicted octanol–water partition coefficient (Wildman–Crippen LogP) is 2.52. The average molecular weight is 255 g/mol. The van der Waals surface area contributed by atoms with Gasteiger partial charge in [-0.05, 0) is 25.2 Å². The average Bonchev–Trinajstić information content (AvgIpc) is 2.63. The van der Waals surface area contributed by atoms with Crippen molar-refractivity contribution in [2.45, 2.75) is 6.92 Å². The lowest BCUT2D eigenvalue weighted by molar-refractivity contribution is -0.137. The number of alkyl halides is 1. The zero-order chi connectivity index (χ0) is 10.4. The molecule has 2 nitrogen and oxygen atoms in total. The van der Waals surface area contributed by atoms with Gasteiger partial charge in [0.1, 0.15) is 0 Å². The van der Waals surface area contributed by atoms with Gasteiger partial charge < -0.3 is 4.74 Å². The van der Waals surface area contributed by atoms with Crippen molar-refractivity contribution in [3.63, 3.8) is 0 Å². The normalized spacial score (nSPS) is 14.4. The van der Waals surface area contributed by atoms with Crippen molar-refractivity contribution in [3.8, 4) is 0 Å². The molecule has 14 heavy (non-hydrogen) atoms. The summed E-state index contributed by atoms with van der Waals surface area (Å²) in [7, 11) is 0. The highest BCUT2D eigenvalue weighted by atomic mass is 79.9. The minimum atomic E-state index is -0.317. The molecular weight excluding hydrogens is 244 g/mol. The summed E-state index contributed by atoms with van der Waals surface area (Å²) in [4.78, 5) is 11.0. The van der Waals surface area contributed by atoms with Gasteiger partial charge in [0, 0.05) is 22.6 Å². The topological polar surface area (TPSA) is 26.3 Å². The molecule has 0 atom stereocenters. The molecule has 0 amide bonds. The first-order valence-electron chi connectivity index (χ1n) is 4.35. The van der Waals surface area contributed by atoms with Crippen molar-refractivity contribution in [2.75, 3.05) is 11.9 Å². The number of carbonyl (C=O) groups excluding carboxylic acids is 1. The quantitative estimate of drug-likeness (QED) is 0.334. The molecule has 0 aromatic carbocycles. The Morgan fingerprint density at radius 1 is 1.64 bits per heavy atom. The van der Waals surface area contributed by atoms with Crippen LogP contribution in [0.25, 0.3) is 0 Å². The molecule has 0 aromatic rings. The van der Waals surface area contributed by atoms with Gasteiger partial charge in [0.05, 0.1) is 6.61 Å². The van der Waals surface area contributed by atoms with Gasteiger partial charge in [0.15, 0.2) is 0 Å². The summed E-state index contributed by atoms with van der Waals surface area (Å²) >= 11 is 3.33. The Bertz CT molecular complexity index is 344. The third kappa shape index (κ3) is 3.36. The number of esters is 1. The van der Waals surface area contributed by atoms with Crippen LogP contribution >= 0.6 is 15.9 Å². The van der Waals surface area contributed by atoms with Crippen molar-refractivity contribution < 1.29 is 9.53 Å². The summed E-state index contributed by atoms with van der Waals surface area (Å²) in [6.45, 7) is 2.18. The summed E-state index contributed by atoms with van der Waals surface area (Å²) in [5.41, 5.74) is 5.09. The highest BCUT2D eigenvalue weighted by Gasteiger charge is 1.98. The first-order valence-corrected chi connectivity index (χ1v) is 5.47. The lowest BCUT2D eigenvalue weighted by Gasteiger charge is -1.93. The van der Waals surface area contributed by atoms with Crippen molar-refractivity contribution in [1.29, 1.82) is 0 Å². The van der Waals surface area contributed by atoms with Crippen molar-refractivity contribution >= 4 is 21.9 Å². The maximum absolute atomic E-state index is 11.0. The zero-order valence-corrected chi connectivity index (χ0v) is 9.50. The number of ether oxygens (including phenoxy) is 1. The van der Waals surface area contributed by atoms with Crippen LogP contribution in [0.2, 0.25) is 0 Å². The second-order valence-corrected chi connectivity index (χ2v) is 3.22. The van der Waals surface area contributed by atoms with Crippen molar-refractivity contribution in [3.05, 3.63) is 41.2 Å². The lowest BCUT2D eigenvalue weighted by atomic mass is 10.3. The van der Waals surface area contributed by atoms with Crippen LogP contribution in [0, 0.1) is 0 Å². The first-order chi connectivity index (χ1) is 6.76. The second kappa shape index (κ2) is 5.63. The summed E-state index contributed by atoms with van der Waals surface area (Å²) in [6, 6.07) is 0. The number of carbonyl (C=O) groups is 1. The van der Waals surface area contributed by atoms with Crippen molar-refractivity contribution in [1.82, 2.24) is 0 Å². The van der Waals surface area contributed by atoms with Crippen LogP contribution in [-0.2, 0) is 9.53 Å². The van der Waals surface area contributed by atoms with Gasteiger partial charge in [0.25, 0.3) is 0 Å². The summed E-state index contributed by atoms with van der Waals surface area (Å²) in [5.74, 6) is -0.317. The highest BCUT2D eigenvalue weighted by Crippen LogP contribution is 2.12. The standard InChI is InChI=1S/C11H11BrO2/c1-2-14-11(13)6-5-9-3-4-10(7-9)8-12/h3-6H,2,8H2,1H3/b6-5+. The molecule has 0 unspecified atom stereocenters. The van der Waals surface area contributed by atoms with E-state index >= 15 is 0 Å². The molecule has 0 heterocycles. The molecule has 0 spiro atoms. The zero-order valence-electron chi connectivity index (χ0n) is 7.92. The Labute approximate surface area is 91.8 Å². The Kier molecular flexibility index (Phi) is 4.44. The fourth-order valence-corrected chi connectivity index (χ4v) is 1.31. The summed E-state index contributed by atoms with van der Waals surface area (Å²) in [6.07, 6.45) is 6.98. The summed E-state index contributed by atoms with van der Waals surface area (Å²) in [5, 5.41) is 0.778. The molecule has 0 fully saturated rings. The molecule has 0 radical (unpaired) electrons. The molecule has 0 bridgehead atoms. The van der Waals surface area contributed by atoms with Crippen LogP contribution in [0.15, 0.2) is 41.2 Å². The summed E-state index contributed by atoms with van der Waals surface area (Å²) < 4.78 is 4.75. The van der Waals surface area contributed by atoms with Crippen LogP contribution in [0.4, 0.5) is 0 Å². The first kappa shape index (κ1) is 11.0. The van der Waals surface area contributed by atoms with E-state index in [1.807, 2.05) is 12.2 Å². The van der Waals surface area contributed by atoms with Gasteiger partial charge in [-0.1, -0.05) is 15.9 Å². The van der Waals surface area contributed by atoms with Gasteiger partial charge >= 0.3 is 5.97 Å². The SMILES string of the molecule is CCOC(=O)/C=C/C1=C=C(CBr)C=C1. The van der Waals surface area contributed by atoms with Crippen LogP contribution in [0.3, 0.4) is 0 Å². The fourth-order valence-electron chi connectivity index (χ4n) is 0.982.